The lowest BCUT2D eigenvalue weighted by molar-refractivity contribution is -0.145. The molecule has 1 amide bonds. The number of piperidine rings is 1. The van der Waals surface area contributed by atoms with E-state index >= 15 is 0 Å². The van der Waals surface area contributed by atoms with E-state index in [1.54, 1.807) is 0 Å². The fourth-order valence-corrected chi connectivity index (χ4v) is 5.98. The maximum atomic E-state index is 13.9. The highest BCUT2D eigenvalue weighted by molar-refractivity contribution is 9.10. The number of likely N-dealkylation sites (tertiary alicyclic amines) is 1. The Morgan fingerprint density at radius 3 is 2.26 bits per heavy atom. The second-order valence-corrected chi connectivity index (χ2v) is 10.7. The molecule has 198 valence electrons. The average molecular weight is 581 g/mol. The Labute approximate surface area is 228 Å². The number of aromatic nitrogens is 2. The van der Waals surface area contributed by atoms with Gasteiger partial charge in [0.2, 0.25) is 0 Å². The quantitative estimate of drug-likeness (QED) is 0.431. The van der Waals surface area contributed by atoms with Crippen molar-refractivity contribution < 1.29 is 19.4 Å². The molecule has 10 heteroatoms. The summed E-state index contributed by atoms with van der Waals surface area (Å²) in [5.41, 5.74) is 1.72. The Balaban J connectivity index is 1.42. The highest BCUT2D eigenvalue weighted by atomic mass is 79.9. The van der Waals surface area contributed by atoms with Gasteiger partial charge in [-0.15, -0.1) is 0 Å². The molecular formula is C28H29BrN4O5. The van der Waals surface area contributed by atoms with Gasteiger partial charge < -0.3 is 19.6 Å². The molecule has 2 aliphatic rings. The van der Waals surface area contributed by atoms with Crippen molar-refractivity contribution in [1.82, 2.24) is 14.5 Å². The van der Waals surface area contributed by atoms with Crippen molar-refractivity contribution in [1.29, 1.82) is 0 Å². The molecule has 9 nitrogen and oxygen atoms in total. The molecule has 0 saturated carbocycles. The lowest BCUT2D eigenvalue weighted by Gasteiger charge is -2.38. The zero-order valence-corrected chi connectivity index (χ0v) is 22.5. The summed E-state index contributed by atoms with van der Waals surface area (Å²) in [5, 5.41) is 9.31. The molecule has 1 N–H and O–H groups in total. The maximum absolute atomic E-state index is 13.9. The summed E-state index contributed by atoms with van der Waals surface area (Å²) in [6.07, 6.45) is 1.47. The number of halogens is 1. The van der Waals surface area contributed by atoms with Gasteiger partial charge in [-0.1, -0.05) is 60.7 Å². The normalized spacial score (nSPS) is 16.6. The first-order chi connectivity index (χ1) is 18.3. The van der Waals surface area contributed by atoms with Crippen LogP contribution in [0.25, 0.3) is 11.3 Å². The van der Waals surface area contributed by atoms with Crippen molar-refractivity contribution in [3.63, 3.8) is 0 Å². The van der Waals surface area contributed by atoms with E-state index in [4.69, 9.17) is 4.74 Å². The minimum absolute atomic E-state index is 0.0515. The van der Waals surface area contributed by atoms with E-state index in [0.717, 1.165) is 30.4 Å². The van der Waals surface area contributed by atoms with Crippen molar-refractivity contribution in [3.05, 3.63) is 81.2 Å². The van der Waals surface area contributed by atoms with E-state index in [1.165, 1.54) is 9.47 Å². The smallest absolute Gasteiger partial charge is 0.407 e. The van der Waals surface area contributed by atoms with Crippen LogP contribution in [0.2, 0.25) is 0 Å². The fraction of sp³-hybridized carbons (Fsp3) is 0.357. The number of nitrogens with zero attached hydrogens (tertiary/aromatic N) is 4. The van der Waals surface area contributed by atoms with Crippen molar-refractivity contribution >= 4 is 33.8 Å². The number of benzene rings is 2. The Kier molecular flexibility index (Phi) is 7.51. The van der Waals surface area contributed by atoms with Crippen LogP contribution >= 0.6 is 15.9 Å². The summed E-state index contributed by atoms with van der Waals surface area (Å²) in [6, 6.07) is 18.8. The summed E-state index contributed by atoms with van der Waals surface area (Å²) in [4.78, 5) is 46.2. The number of amides is 1. The van der Waals surface area contributed by atoms with Crippen LogP contribution in [0.5, 0.6) is 0 Å². The highest BCUT2D eigenvalue weighted by Crippen LogP contribution is 2.41. The number of hydrogen-bond donors (Lipinski definition) is 1. The fourth-order valence-electron chi connectivity index (χ4n) is 5.36. The SMILES string of the molecule is O=C(Cn1c(-c2ccccc2)c(Br)nc(N2CCC3(CCN(C(=O)O)CC3)C2)c1=O)OCc1ccccc1. The second-order valence-electron chi connectivity index (χ2n) is 9.92. The van der Waals surface area contributed by atoms with E-state index in [0.29, 0.717) is 36.5 Å². The number of carbonyl (C=O) groups excluding carboxylic acids is 1. The lowest BCUT2D eigenvalue weighted by Crippen LogP contribution is -2.44. The Morgan fingerprint density at radius 2 is 1.61 bits per heavy atom. The van der Waals surface area contributed by atoms with Crippen molar-refractivity contribution in [2.75, 3.05) is 31.1 Å². The highest BCUT2D eigenvalue weighted by Gasteiger charge is 2.42. The van der Waals surface area contributed by atoms with Gasteiger partial charge in [-0.25, -0.2) is 9.78 Å². The van der Waals surface area contributed by atoms with Gasteiger partial charge in [-0.05, 0) is 46.2 Å². The first-order valence-corrected chi connectivity index (χ1v) is 13.4. The third-order valence-corrected chi connectivity index (χ3v) is 8.07. The van der Waals surface area contributed by atoms with Gasteiger partial charge in [0.25, 0.3) is 5.56 Å². The first kappa shape index (κ1) is 26.0. The third-order valence-electron chi connectivity index (χ3n) is 7.52. The summed E-state index contributed by atoms with van der Waals surface area (Å²) < 4.78 is 7.41. The number of esters is 1. The molecule has 2 saturated heterocycles. The van der Waals surface area contributed by atoms with Crippen LogP contribution < -0.4 is 10.5 Å². The predicted molar refractivity (Wildman–Crippen MR) is 146 cm³/mol. The molecule has 2 fully saturated rings. The molecule has 0 atom stereocenters. The molecule has 0 bridgehead atoms. The first-order valence-electron chi connectivity index (χ1n) is 12.6. The van der Waals surface area contributed by atoms with Gasteiger partial charge >= 0.3 is 12.1 Å². The molecule has 1 aromatic heterocycles. The zero-order valence-electron chi connectivity index (χ0n) is 20.9. The molecule has 3 aromatic rings. The van der Waals surface area contributed by atoms with Gasteiger partial charge in [-0.3, -0.25) is 14.2 Å². The van der Waals surface area contributed by atoms with Crippen molar-refractivity contribution in [3.8, 4) is 11.3 Å². The molecule has 3 heterocycles. The number of carboxylic acid groups (broad SMARTS) is 1. The van der Waals surface area contributed by atoms with Crippen LogP contribution in [0.3, 0.4) is 0 Å². The van der Waals surface area contributed by atoms with Crippen molar-refractivity contribution in [2.45, 2.75) is 32.4 Å². The van der Waals surface area contributed by atoms with E-state index in [-0.39, 0.29) is 29.9 Å². The molecule has 2 aliphatic heterocycles. The second kappa shape index (κ2) is 11.0. The molecule has 38 heavy (non-hydrogen) atoms. The van der Waals surface area contributed by atoms with Gasteiger partial charge in [0.15, 0.2) is 5.82 Å². The minimum atomic E-state index is -0.890. The van der Waals surface area contributed by atoms with Crippen LogP contribution in [-0.4, -0.2) is 57.8 Å². The van der Waals surface area contributed by atoms with Gasteiger partial charge in [0.1, 0.15) is 17.8 Å². The minimum Gasteiger partial charge on any atom is -0.465 e. The van der Waals surface area contributed by atoms with Crippen LogP contribution in [-0.2, 0) is 22.7 Å². The number of ether oxygens (including phenoxy) is 1. The molecular weight excluding hydrogens is 552 g/mol. The lowest BCUT2D eigenvalue weighted by atomic mass is 9.78. The van der Waals surface area contributed by atoms with Gasteiger partial charge in [0, 0.05) is 31.7 Å². The third kappa shape index (κ3) is 5.45. The summed E-state index contributed by atoms with van der Waals surface area (Å²) in [7, 11) is 0. The molecule has 0 radical (unpaired) electrons. The van der Waals surface area contributed by atoms with Gasteiger partial charge in [0.05, 0.1) is 5.69 Å². The topological polar surface area (TPSA) is 105 Å². The van der Waals surface area contributed by atoms with Crippen LogP contribution in [0.1, 0.15) is 24.8 Å². The summed E-state index contributed by atoms with van der Waals surface area (Å²) in [6.45, 7) is 2.12. The number of hydrogen-bond acceptors (Lipinski definition) is 6. The number of carbonyl (C=O) groups is 2. The molecule has 2 aromatic carbocycles. The molecule has 0 unspecified atom stereocenters. The molecule has 5 rings (SSSR count). The number of anilines is 1. The van der Waals surface area contributed by atoms with E-state index in [9.17, 15) is 19.5 Å². The van der Waals surface area contributed by atoms with Crippen LogP contribution in [0.4, 0.5) is 10.6 Å². The predicted octanol–water partition coefficient (Wildman–Crippen LogP) is 4.39. The standard InChI is InChI=1S/C28H29BrN4O5/c29-24-23(21-9-5-2-6-10-21)33(17-22(34)38-18-20-7-3-1-4-8-20)26(35)25(30-24)32-16-13-28(19-32)11-14-31(15-12-28)27(36)37/h1-10H,11-19H2,(H,36,37). The summed E-state index contributed by atoms with van der Waals surface area (Å²) >= 11 is 3.57. The van der Waals surface area contributed by atoms with E-state index < -0.39 is 12.1 Å². The van der Waals surface area contributed by atoms with Crippen molar-refractivity contribution in [2.24, 2.45) is 5.41 Å². The summed E-state index contributed by atoms with van der Waals surface area (Å²) in [5.74, 6) is -0.235. The van der Waals surface area contributed by atoms with Crippen LogP contribution in [0, 0.1) is 5.41 Å². The molecule has 0 aliphatic carbocycles. The Morgan fingerprint density at radius 1 is 0.974 bits per heavy atom. The zero-order chi connectivity index (χ0) is 26.7. The van der Waals surface area contributed by atoms with E-state index in [2.05, 4.69) is 20.9 Å². The average Bonchev–Trinajstić information content (AvgIpc) is 3.33. The van der Waals surface area contributed by atoms with E-state index in [1.807, 2.05) is 65.6 Å². The molecule has 1 spiro atoms. The van der Waals surface area contributed by atoms with Crippen LogP contribution in [0.15, 0.2) is 70.1 Å². The number of rotatable bonds is 6. The monoisotopic (exact) mass is 580 g/mol. The largest absolute Gasteiger partial charge is 0.465 e. The van der Waals surface area contributed by atoms with Gasteiger partial charge in [-0.2, -0.15) is 0 Å². The maximum Gasteiger partial charge on any atom is 0.407 e. The Bertz CT molecular complexity index is 1370. The Hall–Kier alpha value is -3.66.